The first-order valence-electron chi connectivity index (χ1n) is 5.34. The van der Waals surface area contributed by atoms with E-state index in [0.29, 0.717) is 11.1 Å². The molecule has 0 amide bonds. The Labute approximate surface area is 104 Å². The Hall–Kier alpha value is -0.150. The second-order valence-corrected chi connectivity index (χ2v) is 5.54. The van der Waals surface area contributed by atoms with Crippen molar-refractivity contribution in [1.29, 1.82) is 0 Å². The number of rotatable bonds is 1. The van der Waals surface area contributed by atoms with E-state index in [2.05, 4.69) is 32.8 Å². The molecule has 0 atom stereocenters. The van der Waals surface area contributed by atoms with Crippen molar-refractivity contribution in [2.24, 2.45) is 5.92 Å². The molecule has 0 bridgehead atoms. The number of aromatic nitrogens is 2. The summed E-state index contributed by atoms with van der Waals surface area (Å²) in [6.45, 7) is 2.31. The third kappa shape index (κ3) is 2.70. The molecule has 15 heavy (non-hydrogen) atoms. The van der Waals surface area contributed by atoms with Crippen molar-refractivity contribution in [2.75, 3.05) is 0 Å². The van der Waals surface area contributed by atoms with E-state index in [-0.39, 0.29) is 0 Å². The quantitative estimate of drug-likeness (QED) is 0.725. The number of hydrogen-bond donors (Lipinski definition) is 0. The van der Waals surface area contributed by atoms with Crippen LogP contribution in [0.5, 0.6) is 0 Å². The summed E-state index contributed by atoms with van der Waals surface area (Å²) in [5, 5.41) is 0.527. The Morgan fingerprint density at radius 3 is 2.60 bits per heavy atom. The zero-order valence-corrected chi connectivity index (χ0v) is 11.1. The van der Waals surface area contributed by atoms with Crippen LogP contribution < -0.4 is 0 Å². The van der Waals surface area contributed by atoms with E-state index < -0.39 is 0 Å². The summed E-state index contributed by atoms with van der Waals surface area (Å²) in [5.74, 6) is 2.27. The van der Waals surface area contributed by atoms with Crippen molar-refractivity contribution in [3.8, 4) is 0 Å². The second-order valence-electron chi connectivity index (χ2n) is 4.32. The lowest BCUT2D eigenvalue weighted by molar-refractivity contribution is 0.339. The number of hydrogen-bond acceptors (Lipinski definition) is 2. The molecule has 2 nitrogen and oxygen atoms in total. The van der Waals surface area contributed by atoms with E-state index in [4.69, 9.17) is 11.6 Å². The Balaban J connectivity index is 2.12. The monoisotopic (exact) mass is 288 g/mol. The van der Waals surface area contributed by atoms with Crippen LogP contribution in [0.25, 0.3) is 0 Å². The van der Waals surface area contributed by atoms with Crippen molar-refractivity contribution >= 4 is 27.5 Å². The maximum atomic E-state index is 5.96. The molecule has 0 aliphatic heterocycles. The summed E-state index contributed by atoms with van der Waals surface area (Å²) in [7, 11) is 0. The van der Waals surface area contributed by atoms with Crippen molar-refractivity contribution in [3.05, 3.63) is 21.6 Å². The van der Waals surface area contributed by atoms with E-state index in [1.54, 1.807) is 6.20 Å². The first-order valence-corrected chi connectivity index (χ1v) is 6.52. The van der Waals surface area contributed by atoms with E-state index in [9.17, 15) is 0 Å². The maximum absolute atomic E-state index is 5.96. The molecule has 1 aromatic heterocycles. The predicted molar refractivity (Wildman–Crippen MR) is 65.1 cm³/mol. The average Bonchev–Trinajstić information content (AvgIpc) is 2.23. The van der Waals surface area contributed by atoms with Crippen LogP contribution >= 0.6 is 27.5 Å². The van der Waals surface area contributed by atoms with Crippen molar-refractivity contribution in [1.82, 2.24) is 9.97 Å². The molecule has 1 aliphatic rings. The van der Waals surface area contributed by atoms with Crippen LogP contribution in [0.15, 0.2) is 10.7 Å². The lowest BCUT2D eigenvalue weighted by Gasteiger charge is -2.24. The highest BCUT2D eigenvalue weighted by atomic mass is 79.9. The molecule has 4 heteroatoms. The van der Waals surface area contributed by atoms with Gasteiger partial charge in [0.05, 0.1) is 4.47 Å². The summed E-state index contributed by atoms with van der Waals surface area (Å²) < 4.78 is 0.775. The molecule has 0 saturated heterocycles. The minimum atomic E-state index is 0.506. The minimum Gasteiger partial charge on any atom is -0.240 e. The molecule has 1 fully saturated rings. The first kappa shape index (κ1) is 11.3. The Morgan fingerprint density at radius 2 is 2.00 bits per heavy atom. The smallest absolute Gasteiger partial charge is 0.146 e. The number of halogens is 2. The van der Waals surface area contributed by atoms with E-state index in [1.807, 2.05) is 0 Å². The molecule has 1 saturated carbocycles. The molecule has 82 valence electrons. The fourth-order valence-corrected chi connectivity index (χ4v) is 2.40. The van der Waals surface area contributed by atoms with Gasteiger partial charge in [-0.2, -0.15) is 0 Å². The van der Waals surface area contributed by atoms with Gasteiger partial charge in [0.1, 0.15) is 11.0 Å². The molecular formula is C11H14BrClN2. The first-order chi connectivity index (χ1) is 7.16. The van der Waals surface area contributed by atoms with Gasteiger partial charge in [0.25, 0.3) is 0 Å². The van der Waals surface area contributed by atoms with Crippen LogP contribution in [-0.2, 0) is 0 Å². The zero-order valence-electron chi connectivity index (χ0n) is 8.71. The highest BCUT2D eigenvalue weighted by Gasteiger charge is 2.22. The van der Waals surface area contributed by atoms with Crippen LogP contribution in [0.1, 0.15) is 44.3 Å². The molecular weight excluding hydrogens is 275 g/mol. The van der Waals surface area contributed by atoms with Gasteiger partial charge in [-0.05, 0) is 34.7 Å². The van der Waals surface area contributed by atoms with Gasteiger partial charge < -0.3 is 0 Å². The fourth-order valence-electron chi connectivity index (χ4n) is 2.07. The SMILES string of the molecule is CC1CCC(c2ncc(Br)c(Cl)n2)CC1. The summed E-state index contributed by atoms with van der Waals surface area (Å²) in [6, 6.07) is 0. The van der Waals surface area contributed by atoms with Gasteiger partial charge in [-0.3, -0.25) is 0 Å². The molecule has 2 rings (SSSR count). The van der Waals surface area contributed by atoms with Crippen LogP contribution in [0.3, 0.4) is 0 Å². The van der Waals surface area contributed by atoms with Crippen LogP contribution in [0.4, 0.5) is 0 Å². The molecule has 0 radical (unpaired) electrons. The fraction of sp³-hybridized carbons (Fsp3) is 0.636. The highest BCUT2D eigenvalue weighted by molar-refractivity contribution is 9.10. The van der Waals surface area contributed by atoms with Crippen LogP contribution in [0.2, 0.25) is 5.15 Å². The summed E-state index contributed by atoms with van der Waals surface area (Å²) in [6.07, 6.45) is 6.70. The van der Waals surface area contributed by atoms with E-state index >= 15 is 0 Å². The van der Waals surface area contributed by atoms with Crippen molar-refractivity contribution < 1.29 is 0 Å². The van der Waals surface area contributed by atoms with Crippen LogP contribution in [-0.4, -0.2) is 9.97 Å². The molecule has 0 aromatic carbocycles. The Kier molecular flexibility index (Phi) is 3.62. The van der Waals surface area contributed by atoms with Gasteiger partial charge in [-0.1, -0.05) is 31.4 Å². The van der Waals surface area contributed by atoms with Gasteiger partial charge >= 0.3 is 0 Å². The Bertz CT molecular complexity index is 348. The minimum absolute atomic E-state index is 0.506. The third-order valence-electron chi connectivity index (χ3n) is 3.10. The highest BCUT2D eigenvalue weighted by Crippen LogP contribution is 2.34. The topological polar surface area (TPSA) is 25.8 Å². The summed E-state index contributed by atoms with van der Waals surface area (Å²) in [4.78, 5) is 8.67. The average molecular weight is 290 g/mol. The third-order valence-corrected chi connectivity index (χ3v) is 4.20. The lowest BCUT2D eigenvalue weighted by atomic mass is 9.82. The second kappa shape index (κ2) is 4.79. The van der Waals surface area contributed by atoms with Crippen LogP contribution in [0, 0.1) is 5.92 Å². The molecule has 0 unspecified atom stereocenters. The van der Waals surface area contributed by atoms with Gasteiger partial charge in [0, 0.05) is 12.1 Å². The molecule has 1 aromatic rings. The summed E-state index contributed by atoms with van der Waals surface area (Å²) in [5.41, 5.74) is 0. The van der Waals surface area contributed by atoms with Crippen molar-refractivity contribution in [3.63, 3.8) is 0 Å². The zero-order chi connectivity index (χ0) is 10.8. The predicted octanol–water partition coefficient (Wildman–Crippen LogP) is 4.19. The normalized spacial score (nSPS) is 26.6. The Morgan fingerprint density at radius 1 is 1.33 bits per heavy atom. The maximum Gasteiger partial charge on any atom is 0.146 e. The largest absolute Gasteiger partial charge is 0.240 e. The van der Waals surface area contributed by atoms with E-state index in [1.165, 1.54) is 25.7 Å². The molecule has 1 heterocycles. The summed E-state index contributed by atoms with van der Waals surface area (Å²) >= 11 is 9.27. The van der Waals surface area contributed by atoms with Crippen molar-refractivity contribution in [2.45, 2.75) is 38.5 Å². The molecule has 0 spiro atoms. The van der Waals surface area contributed by atoms with Gasteiger partial charge in [-0.15, -0.1) is 0 Å². The lowest BCUT2D eigenvalue weighted by Crippen LogP contribution is -2.13. The molecule has 0 N–H and O–H groups in total. The van der Waals surface area contributed by atoms with Gasteiger partial charge in [0.2, 0.25) is 0 Å². The van der Waals surface area contributed by atoms with Gasteiger partial charge in [0.15, 0.2) is 0 Å². The number of nitrogens with zero attached hydrogens (tertiary/aromatic N) is 2. The molecule has 1 aliphatic carbocycles. The van der Waals surface area contributed by atoms with Gasteiger partial charge in [-0.25, -0.2) is 9.97 Å². The standard InChI is InChI=1S/C11H14BrClN2/c1-7-2-4-8(5-3-7)11-14-6-9(12)10(13)15-11/h6-8H,2-5H2,1H3. The van der Waals surface area contributed by atoms with E-state index in [0.717, 1.165) is 16.2 Å².